The van der Waals surface area contributed by atoms with Gasteiger partial charge in [0.2, 0.25) is 0 Å². The third kappa shape index (κ3) is 2.74. The van der Waals surface area contributed by atoms with E-state index in [4.69, 9.17) is 9.63 Å². The van der Waals surface area contributed by atoms with Crippen molar-refractivity contribution in [3.63, 3.8) is 0 Å². The maximum Gasteiger partial charge on any atom is 0.354 e. The summed E-state index contributed by atoms with van der Waals surface area (Å²) in [6.07, 6.45) is 4.51. The number of carbonyl (C=O) groups is 1. The molecule has 1 aromatic carbocycles. The van der Waals surface area contributed by atoms with Crippen LogP contribution >= 0.6 is 15.9 Å². The fraction of sp³-hybridized carbons (Fsp3) is 0.222. The summed E-state index contributed by atoms with van der Waals surface area (Å²) in [5.41, 5.74) is 1.55. The molecule has 0 aliphatic heterocycles. The van der Waals surface area contributed by atoms with Crippen molar-refractivity contribution in [2.75, 3.05) is 0 Å². The molecule has 126 valence electrons. The number of nitrogens with zero attached hydrogens (tertiary/aromatic N) is 3. The molecule has 0 radical (unpaired) electrons. The van der Waals surface area contributed by atoms with Gasteiger partial charge in [-0.3, -0.25) is 0 Å². The molecule has 1 N–H and O–H groups in total. The summed E-state index contributed by atoms with van der Waals surface area (Å²) in [7, 11) is 0. The summed E-state index contributed by atoms with van der Waals surface area (Å²) in [4.78, 5) is 19.4. The summed E-state index contributed by atoms with van der Waals surface area (Å²) in [6, 6.07) is 11.3. The number of rotatable bonds is 4. The van der Waals surface area contributed by atoms with E-state index in [1.54, 1.807) is 6.07 Å². The number of hydrogen-bond donors (Lipinski definition) is 1. The van der Waals surface area contributed by atoms with E-state index in [9.17, 15) is 4.79 Å². The van der Waals surface area contributed by atoms with Gasteiger partial charge in [0.05, 0.1) is 11.0 Å². The number of carboxylic acid groups (broad SMARTS) is 1. The molecule has 0 atom stereocenters. The predicted octanol–water partition coefficient (Wildman–Crippen LogP) is 4.06. The lowest BCUT2D eigenvalue weighted by Crippen LogP contribution is -2.36. The van der Waals surface area contributed by atoms with Crippen molar-refractivity contribution >= 4 is 21.9 Å². The Morgan fingerprint density at radius 1 is 1.16 bits per heavy atom. The maximum atomic E-state index is 10.9. The third-order valence-corrected chi connectivity index (χ3v) is 5.22. The molecule has 3 aromatic rings. The molecule has 0 unspecified atom stereocenters. The number of hydrogen-bond acceptors (Lipinski definition) is 5. The van der Waals surface area contributed by atoms with Crippen molar-refractivity contribution < 1.29 is 14.4 Å². The number of pyridine rings is 1. The minimum absolute atomic E-state index is 0.0196. The molecule has 0 spiro atoms. The molecule has 25 heavy (non-hydrogen) atoms. The summed E-state index contributed by atoms with van der Waals surface area (Å²) in [5, 5.41) is 13.1. The second kappa shape index (κ2) is 6.07. The average Bonchev–Trinajstić information content (AvgIpc) is 3.06. The molecule has 1 aliphatic rings. The second-order valence-electron chi connectivity index (χ2n) is 6.10. The molecule has 0 saturated heterocycles. The molecule has 1 fully saturated rings. The van der Waals surface area contributed by atoms with Crippen LogP contribution in [0.2, 0.25) is 0 Å². The van der Waals surface area contributed by atoms with Crippen LogP contribution in [0, 0.1) is 0 Å². The van der Waals surface area contributed by atoms with Gasteiger partial charge >= 0.3 is 5.97 Å². The Morgan fingerprint density at radius 2 is 1.92 bits per heavy atom. The molecular weight excluding hydrogens is 386 g/mol. The Labute approximate surface area is 152 Å². The van der Waals surface area contributed by atoms with Crippen molar-refractivity contribution in [3.8, 4) is 11.5 Å². The highest BCUT2D eigenvalue weighted by Gasteiger charge is 2.44. The molecule has 7 heteroatoms. The quantitative estimate of drug-likeness (QED) is 0.711. The topological polar surface area (TPSA) is 89.1 Å². The van der Waals surface area contributed by atoms with Crippen LogP contribution in [0.4, 0.5) is 0 Å². The van der Waals surface area contributed by atoms with E-state index in [-0.39, 0.29) is 11.1 Å². The molecule has 1 saturated carbocycles. The lowest BCUT2D eigenvalue weighted by Gasteiger charge is -2.39. The zero-order valence-corrected chi connectivity index (χ0v) is 14.7. The number of carboxylic acids is 1. The van der Waals surface area contributed by atoms with Crippen molar-refractivity contribution in [2.24, 2.45) is 0 Å². The molecular formula is C18H14BrN3O3. The van der Waals surface area contributed by atoms with Crippen LogP contribution in [0.3, 0.4) is 0 Å². The number of benzene rings is 1. The lowest BCUT2D eigenvalue weighted by molar-refractivity contribution is 0.0690. The highest BCUT2D eigenvalue weighted by Crippen LogP contribution is 2.48. The van der Waals surface area contributed by atoms with Crippen LogP contribution < -0.4 is 0 Å². The minimum atomic E-state index is -1.07. The van der Waals surface area contributed by atoms with Gasteiger partial charge in [0.25, 0.3) is 5.89 Å². The maximum absolute atomic E-state index is 10.9. The van der Waals surface area contributed by atoms with E-state index in [0.717, 1.165) is 23.7 Å². The van der Waals surface area contributed by atoms with E-state index in [2.05, 4.69) is 43.2 Å². The van der Waals surface area contributed by atoms with Gasteiger partial charge in [-0.1, -0.05) is 39.6 Å². The van der Waals surface area contributed by atoms with Crippen molar-refractivity contribution in [1.82, 2.24) is 15.1 Å². The second-order valence-corrected chi connectivity index (χ2v) is 7.02. The van der Waals surface area contributed by atoms with E-state index in [1.807, 2.05) is 12.1 Å². The fourth-order valence-corrected chi connectivity index (χ4v) is 3.39. The van der Waals surface area contributed by atoms with Crippen LogP contribution in [0.5, 0.6) is 0 Å². The first-order valence-electron chi connectivity index (χ1n) is 7.88. The molecule has 4 rings (SSSR count). The number of halogens is 1. The van der Waals surface area contributed by atoms with Gasteiger partial charge in [-0.15, -0.1) is 0 Å². The van der Waals surface area contributed by atoms with Gasteiger partial charge in [-0.25, -0.2) is 9.78 Å². The van der Waals surface area contributed by atoms with E-state index in [1.165, 1.54) is 17.8 Å². The van der Waals surface area contributed by atoms with Gasteiger partial charge in [0.15, 0.2) is 5.82 Å². The van der Waals surface area contributed by atoms with Crippen LogP contribution in [-0.4, -0.2) is 26.2 Å². The largest absolute Gasteiger partial charge is 0.477 e. The Morgan fingerprint density at radius 3 is 2.48 bits per heavy atom. The number of aromatic carboxylic acids is 1. The SMILES string of the molecule is O=C(O)c1ccc(-c2nc(C3(c4ccc(Br)cc4)CCC3)no2)cn1. The summed E-state index contributed by atoms with van der Waals surface area (Å²) < 4.78 is 6.45. The zero-order chi connectivity index (χ0) is 17.4. The van der Waals surface area contributed by atoms with Gasteiger partial charge in [0.1, 0.15) is 5.69 Å². The van der Waals surface area contributed by atoms with Crippen LogP contribution in [0.25, 0.3) is 11.5 Å². The third-order valence-electron chi connectivity index (χ3n) is 4.69. The lowest BCUT2D eigenvalue weighted by atomic mass is 9.64. The smallest absolute Gasteiger partial charge is 0.354 e. The molecule has 1 aliphatic carbocycles. The Balaban J connectivity index is 1.68. The monoisotopic (exact) mass is 399 g/mol. The highest BCUT2D eigenvalue weighted by atomic mass is 79.9. The van der Waals surface area contributed by atoms with E-state index >= 15 is 0 Å². The highest BCUT2D eigenvalue weighted by molar-refractivity contribution is 9.10. The van der Waals surface area contributed by atoms with Crippen LogP contribution in [0.15, 0.2) is 51.6 Å². The van der Waals surface area contributed by atoms with Crippen molar-refractivity contribution in [1.29, 1.82) is 0 Å². The summed E-state index contributed by atoms with van der Waals surface area (Å²) in [5.74, 6) is -0.0531. The van der Waals surface area contributed by atoms with Crippen molar-refractivity contribution in [3.05, 3.63) is 64.1 Å². The Bertz CT molecular complexity index is 915. The molecule has 0 amide bonds. The Hall–Kier alpha value is -2.54. The number of aromatic nitrogens is 3. The van der Waals surface area contributed by atoms with Crippen molar-refractivity contribution in [2.45, 2.75) is 24.7 Å². The van der Waals surface area contributed by atoms with Crippen LogP contribution in [-0.2, 0) is 5.41 Å². The Kier molecular flexibility index (Phi) is 3.88. The first kappa shape index (κ1) is 16.0. The first-order chi connectivity index (χ1) is 12.1. The van der Waals surface area contributed by atoms with Gasteiger partial charge in [-0.05, 0) is 42.7 Å². The fourth-order valence-electron chi connectivity index (χ4n) is 3.12. The molecule has 6 nitrogen and oxygen atoms in total. The summed E-state index contributed by atoms with van der Waals surface area (Å²) in [6.45, 7) is 0. The van der Waals surface area contributed by atoms with E-state index in [0.29, 0.717) is 17.3 Å². The minimum Gasteiger partial charge on any atom is -0.477 e. The predicted molar refractivity (Wildman–Crippen MR) is 93.3 cm³/mol. The summed E-state index contributed by atoms with van der Waals surface area (Å²) >= 11 is 3.46. The molecule has 0 bridgehead atoms. The first-order valence-corrected chi connectivity index (χ1v) is 8.68. The normalized spacial score (nSPS) is 15.6. The van der Waals surface area contributed by atoms with Crippen LogP contribution in [0.1, 0.15) is 41.1 Å². The van der Waals surface area contributed by atoms with Gasteiger partial charge in [-0.2, -0.15) is 4.98 Å². The van der Waals surface area contributed by atoms with E-state index < -0.39 is 5.97 Å². The average molecular weight is 400 g/mol. The molecule has 2 heterocycles. The van der Waals surface area contributed by atoms with Gasteiger partial charge in [0, 0.05) is 10.7 Å². The zero-order valence-electron chi connectivity index (χ0n) is 13.1. The van der Waals surface area contributed by atoms with Gasteiger partial charge < -0.3 is 9.63 Å². The standard InChI is InChI=1S/C18H14BrN3O3/c19-13-5-3-12(4-6-13)18(8-1-9-18)17-21-15(25-22-17)11-2-7-14(16(23)24)20-10-11/h2-7,10H,1,8-9H2,(H,23,24). The molecule has 2 aromatic heterocycles.